The number of benzene rings is 2. The van der Waals surface area contributed by atoms with Crippen molar-refractivity contribution in [3.8, 4) is 11.5 Å². The molecule has 1 aliphatic rings. The van der Waals surface area contributed by atoms with Crippen molar-refractivity contribution in [2.75, 3.05) is 19.0 Å². The van der Waals surface area contributed by atoms with Gasteiger partial charge in [-0.15, -0.1) is 0 Å². The Labute approximate surface area is 193 Å². The summed E-state index contributed by atoms with van der Waals surface area (Å²) in [7, 11) is 1.30. The van der Waals surface area contributed by atoms with E-state index in [2.05, 4.69) is 10.3 Å². The highest BCUT2D eigenvalue weighted by molar-refractivity contribution is 6.08. The van der Waals surface area contributed by atoms with Crippen LogP contribution in [-0.4, -0.2) is 35.4 Å². The van der Waals surface area contributed by atoms with Crippen molar-refractivity contribution in [3.05, 3.63) is 82.5 Å². The Kier molecular flexibility index (Phi) is 6.31. The highest BCUT2D eigenvalue weighted by atomic mass is 16.5. The summed E-state index contributed by atoms with van der Waals surface area (Å²) in [5, 5.41) is 3.40. The zero-order chi connectivity index (χ0) is 23.5. The molecule has 33 heavy (non-hydrogen) atoms. The molecule has 1 aromatic heterocycles. The van der Waals surface area contributed by atoms with Crippen molar-refractivity contribution in [2.45, 2.75) is 33.4 Å². The van der Waals surface area contributed by atoms with E-state index in [1.54, 1.807) is 4.90 Å². The van der Waals surface area contributed by atoms with Crippen molar-refractivity contribution in [2.24, 2.45) is 0 Å². The number of esters is 1. The third-order valence-corrected chi connectivity index (χ3v) is 5.81. The summed E-state index contributed by atoms with van der Waals surface area (Å²) >= 11 is 0. The van der Waals surface area contributed by atoms with Gasteiger partial charge in [-0.1, -0.05) is 29.8 Å². The molecule has 1 atom stereocenters. The number of nitrogens with one attached hydrogen (secondary N) is 1. The maximum absolute atomic E-state index is 12.8. The molecule has 0 aliphatic carbocycles. The predicted octanol–water partition coefficient (Wildman–Crippen LogP) is 5.12. The predicted molar refractivity (Wildman–Crippen MR) is 126 cm³/mol. The Morgan fingerprint density at radius 1 is 1.12 bits per heavy atom. The molecule has 3 aromatic rings. The summed E-state index contributed by atoms with van der Waals surface area (Å²) in [4.78, 5) is 31.2. The van der Waals surface area contributed by atoms with Gasteiger partial charge in [-0.2, -0.15) is 0 Å². The molecule has 0 saturated carbocycles. The molecule has 1 amide bonds. The van der Waals surface area contributed by atoms with E-state index in [1.165, 1.54) is 18.9 Å². The van der Waals surface area contributed by atoms with E-state index >= 15 is 0 Å². The fraction of sp³-hybridized carbons (Fsp3) is 0.269. The standard InChI is InChI=1S/C26H27N3O4/c1-5-29-15-22-23(25(29)30)21(26(31)32-4)14-27-24(22)28-17(3)18-8-12-20(13-9-18)33-19-10-6-16(2)7-11-19/h6-14,17H,5,15H2,1-4H3,(H,27,28)/t17-/m0/s1. The van der Waals surface area contributed by atoms with E-state index in [0.717, 1.165) is 22.6 Å². The van der Waals surface area contributed by atoms with Crippen LogP contribution in [0.25, 0.3) is 0 Å². The molecule has 0 bridgehead atoms. The second-order valence-corrected chi connectivity index (χ2v) is 8.04. The Hall–Kier alpha value is -3.87. The Morgan fingerprint density at radius 3 is 2.36 bits per heavy atom. The van der Waals surface area contributed by atoms with Crippen LogP contribution in [-0.2, 0) is 11.3 Å². The lowest BCUT2D eigenvalue weighted by Gasteiger charge is -2.18. The molecule has 1 aliphatic heterocycles. The second-order valence-electron chi connectivity index (χ2n) is 8.04. The summed E-state index contributed by atoms with van der Waals surface area (Å²) in [5.41, 5.74) is 3.51. The van der Waals surface area contributed by atoms with Crippen molar-refractivity contribution < 1.29 is 19.1 Å². The number of fused-ring (bicyclic) bond motifs is 1. The summed E-state index contributed by atoms with van der Waals surface area (Å²) in [6, 6.07) is 15.7. The normalized spacial score (nSPS) is 13.5. The largest absolute Gasteiger partial charge is 0.465 e. The average Bonchev–Trinajstić information content (AvgIpc) is 3.17. The maximum atomic E-state index is 12.8. The minimum atomic E-state index is -0.561. The number of anilines is 1. The van der Waals surface area contributed by atoms with Crippen LogP contribution in [0.4, 0.5) is 5.82 Å². The number of hydrogen-bond donors (Lipinski definition) is 1. The molecule has 4 rings (SSSR count). The van der Waals surface area contributed by atoms with Crippen LogP contribution in [0.5, 0.6) is 11.5 Å². The quantitative estimate of drug-likeness (QED) is 0.509. The number of rotatable bonds is 7. The molecule has 7 heteroatoms. The van der Waals surface area contributed by atoms with Gasteiger partial charge in [-0.3, -0.25) is 4.79 Å². The Morgan fingerprint density at radius 2 is 1.76 bits per heavy atom. The number of pyridine rings is 1. The summed E-state index contributed by atoms with van der Waals surface area (Å²) in [6.07, 6.45) is 1.41. The molecule has 1 N–H and O–H groups in total. The van der Waals surface area contributed by atoms with Crippen LogP contribution in [0.2, 0.25) is 0 Å². The smallest absolute Gasteiger partial charge is 0.340 e. The van der Waals surface area contributed by atoms with E-state index < -0.39 is 5.97 Å². The molecule has 2 heterocycles. The Bertz CT molecular complexity index is 1170. The molecule has 0 radical (unpaired) electrons. The fourth-order valence-electron chi connectivity index (χ4n) is 3.87. The summed E-state index contributed by atoms with van der Waals surface area (Å²) in [6.45, 7) is 6.92. The van der Waals surface area contributed by atoms with Crippen LogP contribution in [0, 0.1) is 6.92 Å². The minimum Gasteiger partial charge on any atom is -0.465 e. The zero-order valence-electron chi connectivity index (χ0n) is 19.2. The molecule has 0 spiro atoms. The van der Waals surface area contributed by atoms with Crippen molar-refractivity contribution in [3.63, 3.8) is 0 Å². The van der Waals surface area contributed by atoms with E-state index in [4.69, 9.17) is 9.47 Å². The summed E-state index contributed by atoms with van der Waals surface area (Å²) < 4.78 is 10.8. The third-order valence-electron chi connectivity index (χ3n) is 5.81. The van der Waals surface area contributed by atoms with Crippen LogP contribution in [0.3, 0.4) is 0 Å². The monoisotopic (exact) mass is 445 g/mol. The van der Waals surface area contributed by atoms with Crippen LogP contribution in [0.1, 0.15) is 57.3 Å². The molecule has 0 unspecified atom stereocenters. The number of hydrogen-bond acceptors (Lipinski definition) is 6. The molecule has 0 saturated heterocycles. The van der Waals surface area contributed by atoms with Crippen LogP contribution < -0.4 is 10.1 Å². The third kappa shape index (κ3) is 4.53. The number of ether oxygens (including phenoxy) is 2. The van der Waals surface area contributed by atoms with Gasteiger partial charge in [0.2, 0.25) is 0 Å². The number of carbonyl (C=O) groups excluding carboxylic acids is 2. The second kappa shape index (κ2) is 9.32. The lowest BCUT2D eigenvalue weighted by molar-refractivity contribution is 0.0593. The fourth-order valence-corrected chi connectivity index (χ4v) is 3.87. The number of aromatic nitrogens is 1. The van der Waals surface area contributed by atoms with Gasteiger partial charge in [0.25, 0.3) is 5.91 Å². The minimum absolute atomic E-state index is 0.0789. The number of nitrogens with zero attached hydrogens (tertiary/aromatic N) is 2. The summed E-state index contributed by atoms with van der Waals surface area (Å²) in [5.74, 6) is 1.39. The number of carbonyl (C=O) groups is 2. The maximum Gasteiger partial charge on any atom is 0.340 e. The van der Waals surface area contributed by atoms with E-state index in [-0.39, 0.29) is 17.5 Å². The first-order chi connectivity index (χ1) is 15.9. The van der Waals surface area contributed by atoms with Crippen molar-refractivity contribution in [1.82, 2.24) is 9.88 Å². The van der Waals surface area contributed by atoms with Gasteiger partial charge in [-0.05, 0) is 50.6 Å². The van der Waals surface area contributed by atoms with Gasteiger partial charge < -0.3 is 19.7 Å². The highest BCUT2D eigenvalue weighted by Crippen LogP contribution is 2.33. The lowest BCUT2D eigenvalue weighted by atomic mass is 10.0. The molecule has 170 valence electrons. The first-order valence-electron chi connectivity index (χ1n) is 10.9. The van der Waals surface area contributed by atoms with Gasteiger partial charge in [0, 0.05) is 24.3 Å². The Balaban J connectivity index is 1.54. The van der Waals surface area contributed by atoms with Gasteiger partial charge in [0.15, 0.2) is 0 Å². The van der Waals surface area contributed by atoms with Gasteiger partial charge in [-0.25, -0.2) is 9.78 Å². The van der Waals surface area contributed by atoms with Crippen LogP contribution >= 0.6 is 0 Å². The molecular weight excluding hydrogens is 418 g/mol. The first-order valence-corrected chi connectivity index (χ1v) is 10.9. The first kappa shape index (κ1) is 22.3. The number of methoxy groups -OCH3 is 1. The average molecular weight is 446 g/mol. The zero-order valence-corrected chi connectivity index (χ0v) is 19.2. The lowest BCUT2D eigenvalue weighted by Crippen LogP contribution is -2.24. The van der Waals surface area contributed by atoms with Gasteiger partial charge in [0.05, 0.1) is 24.8 Å². The van der Waals surface area contributed by atoms with E-state index in [0.29, 0.717) is 24.5 Å². The molecule has 0 fully saturated rings. The SMILES string of the molecule is CCN1Cc2c(N[C@@H](C)c3ccc(Oc4ccc(C)cc4)cc3)ncc(C(=O)OC)c2C1=O. The molecular formula is C26H27N3O4. The topological polar surface area (TPSA) is 80.8 Å². The highest BCUT2D eigenvalue weighted by Gasteiger charge is 2.34. The van der Waals surface area contributed by atoms with Crippen molar-refractivity contribution in [1.29, 1.82) is 0 Å². The van der Waals surface area contributed by atoms with E-state index in [1.807, 2.05) is 69.3 Å². The van der Waals surface area contributed by atoms with Gasteiger partial charge >= 0.3 is 5.97 Å². The van der Waals surface area contributed by atoms with Gasteiger partial charge in [0.1, 0.15) is 17.3 Å². The van der Waals surface area contributed by atoms with E-state index in [9.17, 15) is 9.59 Å². The molecule has 7 nitrogen and oxygen atoms in total. The van der Waals surface area contributed by atoms with Crippen molar-refractivity contribution >= 4 is 17.7 Å². The van der Waals surface area contributed by atoms with Crippen LogP contribution in [0.15, 0.2) is 54.7 Å². The number of aryl methyl sites for hydroxylation is 1. The number of amides is 1. The molecule has 2 aromatic carbocycles.